The highest BCUT2D eigenvalue weighted by Gasteiger charge is 2.50. The first-order chi connectivity index (χ1) is 31.2. The molecule has 65 heavy (non-hydrogen) atoms. The Morgan fingerprint density at radius 2 is 1.65 bits per heavy atom. The number of nitrogens with one attached hydrogen (secondary N) is 1. The topological polar surface area (TPSA) is 295 Å². The number of methoxy groups -OCH3 is 1. The number of phosphoric ester groups is 1. The number of carbonyl (C=O) groups excluding carboxylic acids is 1. The Bertz CT molecular complexity index is 2570. The maximum absolute atomic E-state index is 16.8. The van der Waals surface area contributed by atoms with Crippen molar-refractivity contribution >= 4 is 65.8 Å². The van der Waals surface area contributed by atoms with E-state index in [1.54, 1.807) is 24.3 Å². The van der Waals surface area contributed by atoms with E-state index in [0.29, 0.717) is 11.3 Å². The number of hydrogen-bond acceptors (Lipinski definition) is 19. The second-order valence-corrected chi connectivity index (χ2v) is 21.4. The van der Waals surface area contributed by atoms with E-state index in [1.807, 2.05) is 0 Å². The number of phosphoric acid groups is 1. The van der Waals surface area contributed by atoms with Gasteiger partial charge < -0.3 is 39.8 Å². The fourth-order valence-corrected chi connectivity index (χ4v) is 11.4. The molecule has 2 aliphatic rings. The van der Waals surface area contributed by atoms with Crippen molar-refractivity contribution in [1.82, 2.24) is 39.0 Å². The maximum atomic E-state index is 16.8. The number of hydrogen-bond donors (Lipinski definition) is 4. The summed E-state index contributed by atoms with van der Waals surface area (Å²) in [4.78, 5) is 58.6. The van der Waals surface area contributed by atoms with E-state index < -0.39 is 82.6 Å². The summed E-state index contributed by atoms with van der Waals surface area (Å²) >= 11 is 0.796. The molecule has 0 radical (unpaired) electrons. The molecule has 4 aromatic heterocycles. The van der Waals surface area contributed by atoms with Gasteiger partial charge in [-0.3, -0.25) is 37.3 Å². The van der Waals surface area contributed by atoms with Crippen molar-refractivity contribution in [3.8, 4) is 5.75 Å². The van der Waals surface area contributed by atoms with Crippen LogP contribution in [0.1, 0.15) is 76.3 Å². The van der Waals surface area contributed by atoms with Gasteiger partial charge in [-0.2, -0.15) is 4.98 Å². The van der Waals surface area contributed by atoms with Crippen molar-refractivity contribution in [3.63, 3.8) is 0 Å². The van der Waals surface area contributed by atoms with Crippen LogP contribution in [0.25, 0.3) is 22.3 Å². The third kappa shape index (κ3) is 11.8. The number of benzene rings is 1. The lowest BCUT2D eigenvalue weighted by molar-refractivity contribution is -0.134. The summed E-state index contributed by atoms with van der Waals surface area (Å²) in [6.07, 6.45) is -2.83. The van der Waals surface area contributed by atoms with E-state index in [4.69, 9.17) is 44.0 Å². The summed E-state index contributed by atoms with van der Waals surface area (Å²) in [6.45, 7) is -3.65. The fourth-order valence-electron chi connectivity index (χ4n) is 7.22. The molecule has 22 nitrogen and oxygen atoms in total. The molecule has 354 valence electrons. The van der Waals surface area contributed by atoms with Gasteiger partial charge in [0, 0.05) is 19.3 Å². The third-order valence-corrected chi connectivity index (χ3v) is 15.7. The van der Waals surface area contributed by atoms with Crippen LogP contribution in [-0.2, 0) is 47.5 Å². The first-order valence-electron chi connectivity index (χ1n) is 20.8. The van der Waals surface area contributed by atoms with Crippen molar-refractivity contribution in [2.45, 2.75) is 107 Å². The quantitative estimate of drug-likeness (QED) is 0.0411. The second-order valence-electron chi connectivity index (χ2n) is 15.3. The molecule has 2 saturated heterocycles. The number of alkyl halides is 2. The fraction of sp³-hybridized carbons (Fsp3) is 0.553. The zero-order valence-electron chi connectivity index (χ0n) is 35.3. The van der Waals surface area contributed by atoms with Gasteiger partial charge in [-0.15, -0.1) is 0 Å². The van der Waals surface area contributed by atoms with E-state index in [2.05, 4.69) is 36.8 Å². The average molecular weight is 971 g/mol. The van der Waals surface area contributed by atoms with Crippen LogP contribution in [0, 0.1) is 0 Å². The number of nitrogens with two attached hydrogens (primary N) is 2. The predicted molar refractivity (Wildman–Crippen MR) is 232 cm³/mol. The van der Waals surface area contributed by atoms with Gasteiger partial charge in [0.2, 0.25) is 5.95 Å². The van der Waals surface area contributed by atoms with Gasteiger partial charge in [-0.1, -0.05) is 69.0 Å². The molecule has 7 rings (SSSR count). The number of carbonyl (C=O) groups is 1. The van der Waals surface area contributed by atoms with Crippen LogP contribution in [0.15, 0.2) is 48.0 Å². The van der Waals surface area contributed by atoms with Gasteiger partial charge in [0.15, 0.2) is 47.4 Å². The summed E-state index contributed by atoms with van der Waals surface area (Å²) in [5.74, 6) is -0.383. The highest BCUT2D eigenvalue weighted by Crippen LogP contribution is 2.62. The number of rotatable bonds is 15. The molecule has 6 N–H and O–H groups in total. The summed E-state index contributed by atoms with van der Waals surface area (Å²) in [5, 5.41) is 0. The van der Waals surface area contributed by atoms with Gasteiger partial charge >= 0.3 is 13.8 Å². The Morgan fingerprint density at radius 3 is 2.38 bits per heavy atom. The largest absolute Gasteiger partial charge is 0.474 e. The van der Waals surface area contributed by atoms with Crippen molar-refractivity contribution < 1.29 is 60.1 Å². The SMILES string of the molecule is CCCCCCCCCC(=O)Oc1ccc(CSP2(=O)CO[C@H]3[C@@H](F)[C@H](n4cnc5c(N)ncnc54)O[C@@H]3COP(=O)(O)O[C@@H](n3cnc4c(=O)[nH]c(N)nc43)[C@H](F)[C@H](OC)CO2)cc1. The molecular formula is C38H50F2N10O12P2S. The van der Waals surface area contributed by atoms with Crippen molar-refractivity contribution in [1.29, 1.82) is 0 Å². The molecule has 1 aromatic carbocycles. The number of esters is 1. The Labute approximate surface area is 374 Å². The molecule has 0 spiro atoms. The number of aromatic nitrogens is 8. The van der Waals surface area contributed by atoms with Crippen LogP contribution < -0.4 is 21.8 Å². The van der Waals surface area contributed by atoms with Gasteiger partial charge in [0.25, 0.3) is 12.1 Å². The van der Waals surface area contributed by atoms with Gasteiger partial charge in [-0.25, -0.2) is 33.3 Å². The molecule has 5 aromatic rings. The molecule has 0 saturated carbocycles. The molecule has 0 aliphatic carbocycles. The molecule has 0 amide bonds. The molecule has 0 bridgehead atoms. The standard InChI is InChI=1S/C38H50F2N10O12P2S/c1-3-4-5-6-7-8-9-10-26(51)60-23-13-11-22(12-14-23)17-65-63(53)21-57-31-25(61-36(28(31)40)49-19-45-29-32(41)43-18-44-33(29)49)16-59-64(54,55)62-37(27(39)24(56-2)15-58-63)50-20-46-30-34(50)47-38(42)48-35(30)52/h11-14,18-20,24-25,27-28,31,36-37H,3-10,15-17,21H2,1-2H3,(H,54,55)(H2,41,43,44)(H3,42,47,48,52)/t24-,25-,27-,28-,31-,36-,37-,63?/m1/s1. The number of nitrogens with zero attached hydrogens (tertiary/aromatic N) is 7. The van der Waals surface area contributed by atoms with E-state index in [0.717, 1.165) is 61.4 Å². The normalized spacial score (nSPS) is 28.0. The first kappa shape index (κ1) is 48.5. The lowest BCUT2D eigenvalue weighted by Crippen LogP contribution is -2.38. The van der Waals surface area contributed by atoms with Gasteiger partial charge in [0.05, 0.1) is 25.9 Å². The lowest BCUT2D eigenvalue weighted by Gasteiger charge is -2.31. The molecule has 2 unspecified atom stereocenters. The van der Waals surface area contributed by atoms with Crippen LogP contribution in [0.4, 0.5) is 20.5 Å². The minimum atomic E-state index is -5.36. The Hall–Kier alpha value is -4.42. The minimum absolute atomic E-state index is 0.00606. The lowest BCUT2D eigenvalue weighted by atomic mass is 10.1. The predicted octanol–water partition coefficient (Wildman–Crippen LogP) is 5.89. The number of imidazole rings is 2. The molecule has 9 atom stereocenters. The summed E-state index contributed by atoms with van der Waals surface area (Å²) < 4.78 is 104. The van der Waals surface area contributed by atoms with Crippen molar-refractivity contribution in [3.05, 3.63) is 59.2 Å². The van der Waals surface area contributed by atoms with Crippen LogP contribution >= 0.6 is 25.8 Å². The smallest absolute Gasteiger partial charge is 0.427 e. The van der Waals surface area contributed by atoms with Gasteiger partial charge in [-0.05, 0) is 24.1 Å². The highest BCUT2D eigenvalue weighted by molar-refractivity contribution is 8.56. The number of unbranched alkanes of at least 4 members (excludes halogenated alkanes) is 6. The highest BCUT2D eigenvalue weighted by atomic mass is 32.7. The number of anilines is 2. The summed E-state index contributed by atoms with van der Waals surface area (Å²) in [7, 11) is -4.25. The summed E-state index contributed by atoms with van der Waals surface area (Å²) in [6, 6.07) is 6.52. The van der Waals surface area contributed by atoms with E-state index in [9.17, 15) is 23.6 Å². The molecule has 2 aliphatic heterocycles. The average Bonchev–Trinajstić information content (AvgIpc) is 3.99. The number of halogens is 2. The van der Waals surface area contributed by atoms with Crippen LogP contribution in [0.2, 0.25) is 0 Å². The van der Waals surface area contributed by atoms with E-state index >= 15 is 8.78 Å². The van der Waals surface area contributed by atoms with Crippen LogP contribution in [0.3, 0.4) is 0 Å². The number of fused-ring (bicyclic) bond motifs is 3. The molecule has 6 heterocycles. The van der Waals surface area contributed by atoms with E-state index in [1.165, 1.54) is 30.2 Å². The molecule has 2 fully saturated rings. The number of ether oxygens (including phenoxy) is 4. The summed E-state index contributed by atoms with van der Waals surface area (Å²) in [5.41, 5.74) is 11.1. The van der Waals surface area contributed by atoms with Crippen molar-refractivity contribution in [2.24, 2.45) is 0 Å². The zero-order chi connectivity index (χ0) is 46.3. The Balaban J connectivity index is 1.13. The number of aromatic amines is 1. The first-order valence-corrected chi connectivity index (χ1v) is 25.7. The monoisotopic (exact) mass is 970 g/mol. The molecule has 27 heteroatoms. The number of H-pyrrole nitrogens is 1. The minimum Gasteiger partial charge on any atom is -0.427 e. The van der Waals surface area contributed by atoms with Crippen LogP contribution in [0.5, 0.6) is 5.75 Å². The maximum Gasteiger partial charge on any atom is 0.474 e. The van der Waals surface area contributed by atoms with Crippen molar-refractivity contribution in [2.75, 3.05) is 38.1 Å². The van der Waals surface area contributed by atoms with Gasteiger partial charge in [0.1, 0.15) is 42.3 Å². The third-order valence-electron chi connectivity index (χ3n) is 10.7. The second kappa shape index (κ2) is 21.5. The Morgan fingerprint density at radius 1 is 0.938 bits per heavy atom. The van der Waals surface area contributed by atoms with E-state index in [-0.39, 0.29) is 52.2 Å². The Kier molecular flexibility index (Phi) is 16.0. The van der Waals surface area contributed by atoms with Crippen LogP contribution in [-0.4, -0.2) is 107 Å². The number of nitrogen functional groups attached to an aromatic ring is 2. The zero-order valence-corrected chi connectivity index (χ0v) is 38.0. The molecular weight excluding hydrogens is 920 g/mol.